The van der Waals surface area contributed by atoms with Crippen molar-refractivity contribution >= 4 is 28.4 Å². The van der Waals surface area contributed by atoms with E-state index in [1.807, 2.05) is 61.2 Å². The van der Waals surface area contributed by atoms with Crippen LogP contribution in [0, 0.1) is 5.92 Å². The summed E-state index contributed by atoms with van der Waals surface area (Å²) in [5.41, 5.74) is 4.72. The highest BCUT2D eigenvalue weighted by Crippen LogP contribution is 2.30. The van der Waals surface area contributed by atoms with E-state index in [0.717, 1.165) is 35.1 Å². The van der Waals surface area contributed by atoms with Gasteiger partial charge >= 0.3 is 0 Å². The molecule has 0 bridgehead atoms. The Balaban J connectivity index is 1.45. The Labute approximate surface area is 158 Å². The molecule has 2 heterocycles. The fourth-order valence-electron chi connectivity index (χ4n) is 3.58. The van der Waals surface area contributed by atoms with Crippen molar-refractivity contribution in [1.82, 2.24) is 10.3 Å². The molecule has 2 N–H and O–H groups in total. The number of nitrogens with one attached hydrogen (secondary N) is 2. The molecule has 5 nitrogen and oxygen atoms in total. The number of H-pyrrole nitrogens is 1. The number of anilines is 1. The molecule has 0 aliphatic carbocycles. The van der Waals surface area contributed by atoms with Crippen LogP contribution in [-0.2, 0) is 17.8 Å². The molecule has 0 spiro atoms. The van der Waals surface area contributed by atoms with Crippen molar-refractivity contribution in [2.24, 2.45) is 5.92 Å². The summed E-state index contributed by atoms with van der Waals surface area (Å²) in [7, 11) is 0. The Kier molecular flexibility index (Phi) is 4.44. The van der Waals surface area contributed by atoms with Crippen LogP contribution in [0.1, 0.15) is 35.5 Å². The van der Waals surface area contributed by atoms with Crippen molar-refractivity contribution in [3.8, 4) is 0 Å². The van der Waals surface area contributed by atoms with Crippen LogP contribution in [0.15, 0.2) is 48.5 Å². The molecule has 0 radical (unpaired) electrons. The summed E-state index contributed by atoms with van der Waals surface area (Å²) in [5, 5.41) is 3.99. The van der Waals surface area contributed by atoms with Gasteiger partial charge < -0.3 is 15.2 Å². The van der Waals surface area contributed by atoms with Gasteiger partial charge in [0, 0.05) is 35.6 Å². The largest absolute Gasteiger partial charge is 0.351 e. The lowest BCUT2D eigenvalue weighted by Gasteiger charge is -2.19. The maximum absolute atomic E-state index is 12.4. The zero-order chi connectivity index (χ0) is 19.0. The third-order valence-electron chi connectivity index (χ3n) is 5.03. The fraction of sp³-hybridized carbons (Fsp3) is 0.273. The van der Waals surface area contributed by atoms with E-state index >= 15 is 0 Å². The van der Waals surface area contributed by atoms with Crippen molar-refractivity contribution in [3.63, 3.8) is 0 Å². The summed E-state index contributed by atoms with van der Waals surface area (Å²) >= 11 is 0. The van der Waals surface area contributed by atoms with Crippen molar-refractivity contribution in [2.75, 3.05) is 11.4 Å². The highest BCUT2D eigenvalue weighted by molar-refractivity contribution is 5.98. The first kappa shape index (κ1) is 17.3. The summed E-state index contributed by atoms with van der Waals surface area (Å²) < 4.78 is 0. The molecular weight excluding hydrogens is 338 g/mol. The van der Waals surface area contributed by atoms with Crippen LogP contribution in [0.3, 0.4) is 0 Å². The summed E-state index contributed by atoms with van der Waals surface area (Å²) in [4.78, 5) is 29.8. The SMILES string of the molecule is CC(C)C(=O)N1CCc2cc(CNC(=O)c3cc4ccccc4[nH]3)ccc21. The van der Waals surface area contributed by atoms with Gasteiger partial charge in [0.2, 0.25) is 5.91 Å². The van der Waals surface area contributed by atoms with Crippen LogP contribution >= 0.6 is 0 Å². The van der Waals surface area contributed by atoms with E-state index in [2.05, 4.69) is 16.4 Å². The highest BCUT2D eigenvalue weighted by atomic mass is 16.2. The van der Waals surface area contributed by atoms with Crippen LogP contribution in [0.5, 0.6) is 0 Å². The predicted octanol–water partition coefficient (Wildman–Crippen LogP) is 3.64. The second-order valence-corrected chi connectivity index (χ2v) is 7.31. The zero-order valence-electron chi connectivity index (χ0n) is 15.6. The molecule has 27 heavy (non-hydrogen) atoms. The Hall–Kier alpha value is -3.08. The molecule has 2 aromatic carbocycles. The quantitative estimate of drug-likeness (QED) is 0.745. The van der Waals surface area contributed by atoms with Gasteiger partial charge in [0.05, 0.1) is 0 Å². The van der Waals surface area contributed by atoms with E-state index in [9.17, 15) is 9.59 Å². The first-order valence-electron chi connectivity index (χ1n) is 9.32. The van der Waals surface area contributed by atoms with Gasteiger partial charge in [-0.15, -0.1) is 0 Å². The van der Waals surface area contributed by atoms with Gasteiger partial charge in [-0.05, 0) is 35.7 Å². The lowest BCUT2D eigenvalue weighted by Crippen LogP contribution is -2.32. The molecule has 1 aliphatic rings. The van der Waals surface area contributed by atoms with Gasteiger partial charge in [0.1, 0.15) is 5.69 Å². The molecule has 0 atom stereocenters. The van der Waals surface area contributed by atoms with Gasteiger partial charge in [0.25, 0.3) is 5.91 Å². The standard InChI is InChI=1S/C22H23N3O2/c1-14(2)22(27)25-10-9-17-11-15(7-8-20(17)25)13-23-21(26)19-12-16-5-3-4-6-18(16)24-19/h3-8,11-12,14,24H,9-10,13H2,1-2H3,(H,23,26). The van der Waals surface area contributed by atoms with E-state index in [4.69, 9.17) is 0 Å². The van der Waals surface area contributed by atoms with E-state index in [1.165, 1.54) is 5.56 Å². The predicted molar refractivity (Wildman–Crippen MR) is 107 cm³/mol. The first-order valence-corrected chi connectivity index (χ1v) is 9.32. The lowest BCUT2D eigenvalue weighted by molar-refractivity contribution is -0.121. The van der Waals surface area contributed by atoms with E-state index < -0.39 is 0 Å². The molecule has 5 heteroatoms. The normalized spacial score (nSPS) is 13.2. The van der Waals surface area contributed by atoms with Gasteiger partial charge in [-0.25, -0.2) is 0 Å². The van der Waals surface area contributed by atoms with E-state index in [0.29, 0.717) is 12.2 Å². The number of amides is 2. The number of carbonyl (C=O) groups is 2. The number of aromatic nitrogens is 1. The molecule has 4 rings (SSSR count). The number of fused-ring (bicyclic) bond motifs is 2. The smallest absolute Gasteiger partial charge is 0.267 e. The fourth-order valence-corrected chi connectivity index (χ4v) is 3.58. The summed E-state index contributed by atoms with van der Waals surface area (Å²) in [6, 6.07) is 15.8. The molecule has 0 unspecified atom stereocenters. The average Bonchev–Trinajstić information content (AvgIpc) is 3.29. The Morgan fingerprint density at radius 2 is 1.96 bits per heavy atom. The number of carbonyl (C=O) groups excluding carboxylic acids is 2. The number of aromatic amines is 1. The number of hydrogen-bond acceptors (Lipinski definition) is 2. The second kappa shape index (κ2) is 6.91. The molecule has 0 fully saturated rings. The van der Waals surface area contributed by atoms with E-state index in [1.54, 1.807) is 0 Å². The van der Waals surface area contributed by atoms with E-state index in [-0.39, 0.29) is 17.7 Å². The minimum atomic E-state index is -0.122. The zero-order valence-corrected chi connectivity index (χ0v) is 15.6. The molecule has 3 aromatic rings. The maximum atomic E-state index is 12.4. The van der Waals surface area contributed by atoms with Crippen molar-refractivity contribution < 1.29 is 9.59 Å². The molecular formula is C22H23N3O2. The summed E-state index contributed by atoms with van der Waals surface area (Å²) in [6.07, 6.45) is 0.859. The molecule has 0 saturated carbocycles. The molecule has 138 valence electrons. The third-order valence-corrected chi connectivity index (χ3v) is 5.03. The Bertz CT molecular complexity index is 986. The lowest BCUT2D eigenvalue weighted by atomic mass is 10.1. The first-order chi connectivity index (χ1) is 13.0. The molecule has 2 amide bonds. The second-order valence-electron chi connectivity index (χ2n) is 7.31. The van der Waals surface area contributed by atoms with Crippen molar-refractivity contribution in [2.45, 2.75) is 26.8 Å². The Morgan fingerprint density at radius 1 is 1.15 bits per heavy atom. The molecule has 1 aliphatic heterocycles. The molecule has 0 saturated heterocycles. The number of para-hydroxylation sites is 1. The van der Waals surface area contributed by atoms with Gasteiger partial charge in [0.15, 0.2) is 0 Å². The van der Waals surface area contributed by atoms with Crippen LogP contribution in [-0.4, -0.2) is 23.3 Å². The third kappa shape index (κ3) is 3.33. The monoisotopic (exact) mass is 361 g/mol. The minimum Gasteiger partial charge on any atom is -0.351 e. The number of rotatable bonds is 4. The number of hydrogen-bond donors (Lipinski definition) is 2. The Morgan fingerprint density at radius 3 is 2.74 bits per heavy atom. The maximum Gasteiger partial charge on any atom is 0.267 e. The van der Waals surface area contributed by atoms with Crippen molar-refractivity contribution in [3.05, 3.63) is 65.4 Å². The van der Waals surface area contributed by atoms with Crippen LogP contribution < -0.4 is 10.2 Å². The number of benzene rings is 2. The summed E-state index contributed by atoms with van der Waals surface area (Å²) in [6.45, 7) is 5.04. The van der Waals surface area contributed by atoms with Gasteiger partial charge in [-0.2, -0.15) is 0 Å². The average molecular weight is 361 g/mol. The minimum absolute atomic E-state index is 0.00813. The highest BCUT2D eigenvalue weighted by Gasteiger charge is 2.26. The molecule has 1 aromatic heterocycles. The summed E-state index contributed by atoms with van der Waals surface area (Å²) in [5.74, 6) is 0.0307. The topological polar surface area (TPSA) is 65.2 Å². The van der Waals surface area contributed by atoms with Gasteiger partial charge in [-0.3, -0.25) is 9.59 Å². The van der Waals surface area contributed by atoms with Crippen LogP contribution in [0.2, 0.25) is 0 Å². The van der Waals surface area contributed by atoms with Crippen LogP contribution in [0.25, 0.3) is 10.9 Å². The van der Waals surface area contributed by atoms with Crippen molar-refractivity contribution in [1.29, 1.82) is 0 Å². The van der Waals surface area contributed by atoms with Gasteiger partial charge in [-0.1, -0.05) is 44.2 Å². The number of nitrogens with zero attached hydrogens (tertiary/aromatic N) is 1. The van der Waals surface area contributed by atoms with Crippen LogP contribution in [0.4, 0.5) is 5.69 Å².